The smallest absolute Gasteiger partial charge is 0.292 e. The number of nitrogens with zero attached hydrogens (tertiary/aromatic N) is 1. The topological polar surface area (TPSA) is 50.8 Å². The van der Waals surface area contributed by atoms with Gasteiger partial charge in [0.2, 0.25) is 5.76 Å². The highest BCUT2D eigenvalue weighted by Gasteiger charge is 2.25. The van der Waals surface area contributed by atoms with Crippen LogP contribution in [-0.2, 0) is 14.3 Å². The van der Waals surface area contributed by atoms with Gasteiger partial charge in [0.05, 0.1) is 0 Å². The number of amides is 1. The average Bonchev–Trinajstić information content (AvgIpc) is 2.48. The molecule has 2 heterocycles. The predicted molar refractivity (Wildman–Crippen MR) is 72.5 cm³/mol. The number of piperidine rings is 1. The minimum Gasteiger partial charge on any atom is -0.494 e. The van der Waals surface area contributed by atoms with Gasteiger partial charge in [0, 0.05) is 13.1 Å². The predicted octanol–water partition coefficient (Wildman–Crippen LogP) is 1.11. The Morgan fingerprint density at radius 1 is 1.42 bits per heavy atom. The maximum atomic E-state index is 12.4. The van der Waals surface area contributed by atoms with Gasteiger partial charge in [-0.05, 0) is 38.3 Å². The fourth-order valence-corrected chi connectivity index (χ4v) is 2.56. The molecular formula is C14H24N2O3. The highest BCUT2D eigenvalue weighted by molar-refractivity contribution is 5.91. The van der Waals surface area contributed by atoms with Crippen molar-refractivity contribution in [2.24, 2.45) is 5.92 Å². The number of carbonyl (C=O) groups is 1. The molecule has 19 heavy (non-hydrogen) atoms. The molecule has 2 rings (SSSR count). The first-order chi connectivity index (χ1) is 9.31. The molecule has 0 spiro atoms. The Balaban J connectivity index is 1.93. The fourth-order valence-electron chi connectivity index (χ4n) is 2.56. The van der Waals surface area contributed by atoms with Crippen LogP contribution in [0.15, 0.2) is 12.0 Å². The van der Waals surface area contributed by atoms with Gasteiger partial charge in [0.25, 0.3) is 5.91 Å². The zero-order valence-electron chi connectivity index (χ0n) is 11.7. The summed E-state index contributed by atoms with van der Waals surface area (Å²) in [5, 5.41) is 3.35. The molecule has 0 radical (unpaired) electrons. The molecule has 1 N–H and O–H groups in total. The number of rotatable bonds is 5. The minimum absolute atomic E-state index is 0.0277. The van der Waals surface area contributed by atoms with E-state index in [0.29, 0.717) is 24.9 Å². The van der Waals surface area contributed by atoms with Gasteiger partial charge in [0.1, 0.15) is 19.5 Å². The van der Waals surface area contributed by atoms with Gasteiger partial charge in [0.15, 0.2) is 0 Å². The summed E-state index contributed by atoms with van der Waals surface area (Å²) in [5.74, 6) is 0.926. The molecule has 0 bridgehead atoms. The lowest BCUT2D eigenvalue weighted by Crippen LogP contribution is -2.41. The normalized spacial score (nSPS) is 20.2. The Hall–Kier alpha value is -1.23. The molecule has 0 aromatic heterocycles. The monoisotopic (exact) mass is 268 g/mol. The summed E-state index contributed by atoms with van der Waals surface area (Å²) in [5.41, 5.74) is 0. The second-order valence-electron chi connectivity index (χ2n) is 5.15. The lowest BCUT2D eigenvalue weighted by atomic mass is 9.97. The van der Waals surface area contributed by atoms with Crippen molar-refractivity contribution in [3.05, 3.63) is 12.0 Å². The van der Waals surface area contributed by atoms with E-state index in [4.69, 9.17) is 9.47 Å². The van der Waals surface area contributed by atoms with Gasteiger partial charge in [-0.3, -0.25) is 4.79 Å². The van der Waals surface area contributed by atoms with Gasteiger partial charge >= 0.3 is 0 Å². The minimum atomic E-state index is -0.0277. The van der Waals surface area contributed by atoms with E-state index >= 15 is 0 Å². The third-order valence-corrected chi connectivity index (χ3v) is 3.58. The van der Waals surface area contributed by atoms with Gasteiger partial charge in [-0.2, -0.15) is 0 Å². The van der Waals surface area contributed by atoms with Crippen LogP contribution in [0.1, 0.15) is 26.2 Å². The van der Waals surface area contributed by atoms with Crippen LogP contribution in [0.3, 0.4) is 0 Å². The molecule has 1 saturated heterocycles. The molecule has 5 heteroatoms. The SMILES string of the molecule is CCCN(CC1CCNCC1)C(=O)C1=COCCO1. The molecule has 0 aromatic rings. The third-order valence-electron chi connectivity index (χ3n) is 3.58. The van der Waals surface area contributed by atoms with Crippen LogP contribution in [0, 0.1) is 5.92 Å². The maximum absolute atomic E-state index is 12.4. The van der Waals surface area contributed by atoms with Gasteiger partial charge in [-0.1, -0.05) is 6.92 Å². The number of nitrogens with one attached hydrogen (secondary N) is 1. The summed E-state index contributed by atoms with van der Waals surface area (Å²) in [6.07, 6.45) is 4.70. The molecule has 0 saturated carbocycles. The summed E-state index contributed by atoms with van der Waals surface area (Å²) in [4.78, 5) is 14.3. The number of hydrogen-bond acceptors (Lipinski definition) is 4. The molecule has 1 fully saturated rings. The fraction of sp³-hybridized carbons (Fsp3) is 0.786. The lowest BCUT2D eigenvalue weighted by molar-refractivity contribution is -0.133. The summed E-state index contributed by atoms with van der Waals surface area (Å²) in [6.45, 7) is 6.81. The zero-order chi connectivity index (χ0) is 13.5. The molecule has 2 aliphatic rings. The van der Waals surface area contributed by atoms with Crippen molar-refractivity contribution in [2.45, 2.75) is 26.2 Å². The second-order valence-corrected chi connectivity index (χ2v) is 5.15. The van der Waals surface area contributed by atoms with E-state index in [-0.39, 0.29) is 5.91 Å². The molecule has 0 atom stereocenters. The molecular weight excluding hydrogens is 244 g/mol. The van der Waals surface area contributed by atoms with E-state index in [0.717, 1.165) is 45.4 Å². The van der Waals surface area contributed by atoms with Gasteiger partial charge in [-0.25, -0.2) is 0 Å². The quantitative estimate of drug-likeness (QED) is 0.811. The van der Waals surface area contributed by atoms with Crippen molar-refractivity contribution in [1.29, 1.82) is 0 Å². The first-order valence-corrected chi connectivity index (χ1v) is 7.25. The van der Waals surface area contributed by atoms with Crippen LogP contribution in [0.5, 0.6) is 0 Å². The second kappa shape index (κ2) is 7.38. The van der Waals surface area contributed by atoms with Crippen LogP contribution in [0.25, 0.3) is 0 Å². The van der Waals surface area contributed by atoms with Gasteiger partial charge < -0.3 is 19.7 Å². The summed E-state index contributed by atoms with van der Waals surface area (Å²) < 4.78 is 10.6. The standard InChI is InChI=1S/C14H24N2O3/c1-2-7-16(10-12-3-5-15-6-4-12)14(17)13-11-18-8-9-19-13/h11-12,15H,2-10H2,1H3. The zero-order valence-corrected chi connectivity index (χ0v) is 11.7. The van der Waals surface area contributed by atoms with E-state index in [2.05, 4.69) is 12.2 Å². The van der Waals surface area contributed by atoms with Crippen molar-refractivity contribution < 1.29 is 14.3 Å². The Labute approximate surface area is 114 Å². The van der Waals surface area contributed by atoms with Crippen molar-refractivity contribution in [3.63, 3.8) is 0 Å². The highest BCUT2D eigenvalue weighted by Crippen LogP contribution is 2.16. The van der Waals surface area contributed by atoms with Crippen LogP contribution in [-0.4, -0.2) is 50.2 Å². The Morgan fingerprint density at radius 3 is 2.84 bits per heavy atom. The molecule has 1 amide bonds. The van der Waals surface area contributed by atoms with Crippen molar-refractivity contribution in [3.8, 4) is 0 Å². The summed E-state index contributed by atoms with van der Waals surface area (Å²) >= 11 is 0. The summed E-state index contributed by atoms with van der Waals surface area (Å²) in [7, 11) is 0. The van der Waals surface area contributed by atoms with Crippen molar-refractivity contribution >= 4 is 5.91 Å². The molecule has 0 aliphatic carbocycles. The maximum Gasteiger partial charge on any atom is 0.292 e. The third kappa shape index (κ3) is 4.13. The van der Waals surface area contributed by atoms with E-state index in [1.807, 2.05) is 4.90 Å². The number of ether oxygens (including phenoxy) is 2. The first-order valence-electron chi connectivity index (χ1n) is 7.25. The lowest BCUT2D eigenvalue weighted by Gasteiger charge is -2.30. The molecule has 0 unspecified atom stereocenters. The average molecular weight is 268 g/mol. The van der Waals surface area contributed by atoms with Crippen LogP contribution >= 0.6 is 0 Å². The van der Waals surface area contributed by atoms with E-state index in [9.17, 15) is 4.79 Å². The number of carbonyl (C=O) groups excluding carboxylic acids is 1. The first kappa shape index (κ1) is 14.2. The Kier molecular flexibility index (Phi) is 5.51. The van der Waals surface area contributed by atoms with E-state index < -0.39 is 0 Å². The van der Waals surface area contributed by atoms with Crippen LogP contribution in [0.2, 0.25) is 0 Å². The highest BCUT2D eigenvalue weighted by atomic mass is 16.6. The molecule has 5 nitrogen and oxygen atoms in total. The number of hydrogen-bond donors (Lipinski definition) is 1. The largest absolute Gasteiger partial charge is 0.494 e. The summed E-state index contributed by atoms with van der Waals surface area (Å²) in [6, 6.07) is 0. The van der Waals surface area contributed by atoms with Gasteiger partial charge in [-0.15, -0.1) is 0 Å². The van der Waals surface area contributed by atoms with Crippen molar-refractivity contribution in [2.75, 3.05) is 39.4 Å². The van der Waals surface area contributed by atoms with Crippen molar-refractivity contribution in [1.82, 2.24) is 10.2 Å². The molecule has 0 aromatic carbocycles. The Bertz CT molecular complexity index is 325. The van der Waals surface area contributed by atoms with Crippen LogP contribution < -0.4 is 5.32 Å². The van der Waals surface area contributed by atoms with E-state index in [1.165, 1.54) is 6.26 Å². The van der Waals surface area contributed by atoms with E-state index in [1.54, 1.807) is 0 Å². The molecule has 2 aliphatic heterocycles. The molecule has 108 valence electrons. The van der Waals surface area contributed by atoms with Crippen LogP contribution in [0.4, 0.5) is 0 Å². The Morgan fingerprint density at radius 2 is 2.21 bits per heavy atom.